The van der Waals surface area contributed by atoms with Gasteiger partial charge in [-0.15, -0.1) is 13.2 Å². The number of nitrogens with zero attached hydrogens (tertiary/aromatic N) is 3. The van der Waals surface area contributed by atoms with Crippen molar-refractivity contribution in [3.8, 4) is 22.6 Å². The van der Waals surface area contributed by atoms with Crippen LogP contribution < -0.4 is 14.4 Å². The molecule has 4 rings (SSSR count). The average molecular weight is 471 g/mol. The van der Waals surface area contributed by atoms with Crippen molar-refractivity contribution < 1.29 is 32.2 Å². The summed E-state index contributed by atoms with van der Waals surface area (Å²) in [6, 6.07) is 12.4. The Morgan fingerprint density at radius 3 is 2.24 bits per heavy atom. The molecule has 1 fully saturated rings. The first kappa shape index (κ1) is 23.1. The lowest BCUT2D eigenvalue weighted by Gasteiger charge is -2.21. The predicted molar refractivity (Wildman–Crippen MR) is 117 cm³/mol. The number of halogens is 3. The molecule has 0 N–H and O–H groups in total. The summed E-state index contributed by atoms with van der Waals surface area (Å²) in [5.41, 5.74) is 2.60. The number of amides is 3. The summed E-state index contributed by atoms with van der Waals surface area (Å²) < 4.78 is 46.3. The fraction of sp³-hybridized carbons (Fsp3) is 0.208. The SMILES string of the molecule is COc1ccc(-c2cnccc2CN2C(=O)N(c3ccc(OC(F)(F)F)cc3)C(=O)C2C)cc1. The first-order chi connectivity index (χ1) is 16.2. The van der Waals surface area contributed by atoms with Crippen LogP contribution in [0.2, 0.25) is 0 Å². The molecule has 2 aromatic carbocycles. The molecule has 34 heavy (non-hydrogen) atoms. The Bertz CT molecular complexity index is 1200. The summed E-state index contributed by atoms with van der Waals surface area (Å²) >= 11 is 0. The van der Waals surface area contributed by atoms with Crippen molar-refractivity contribution in [2.75, 3.05) is 12.0 Å². The van der Waals surface area contributed by atoms with Gasteiger partial charge in [-0.2, -0.15) is 0 Å². The lowest BCUT2D eigenvalue weighted by atomic mass is 10.0. The molecule has 0 saturated carbocycles. The van der Waals surface area contributed by atoms with Crippen molar-refractivity contribution in [3.63, 3.8) is 0 Å². The van der Waals surface area contributed by atoms with Gasteiger partial charge in [-0.05, 0) is 60.5 Å². The van der Waals surface area contributed by atoms with Gasteiger partial charge < -0.3 is 14.4 Å². The second kappa shape index (κ2) is 9.05. The summed E-state index contributed by atoms with van der Waals surface area (Å²) in [7, 11) is 1.57. The summed E-state index contributed by atoms with van der Waals surface area (Å²) in [5.74, 6) is -0.221. The summed E-state index contributed by atoms with van der Waals surface area (Å²) in [4.78, 5) is 32.6. The van der Waals surface area contributed by atoms with Crippen LogP contribution in [-0.2, 0) is 11.3 Å². The van der Waals surface area contributed by atoms with E-state index < -0.39 is 30.1 Å². The fourth-order valence-electron chi connectivity index (χ4n) is 3.72. The standard InChI is InChI=1S/C24H20F3N3O4/c1-15-22(31)30(18-5-9-20(10-6-18)34-24(25,26)27)23(32)29(15)14-17-11-12-28-13-21(17)16-3-7-19(33-2)8-4-16/h3-13,15H,14H2,1-2H3. The second-order valence-corrected chi connectivity index (χ2v) is 7.56. The highest BCUT2D eigenvalue weighted by molar-refractivity contribution is 6.21. The highest BCUT2D eigenvalue weighted by Crippen LogP contribution is 2.32. The Labute approximate surface area is 193 Å². The zero-order valence-corrected chi connectivity index (χ0v) is 18.2. The molecule has 1 aliphatic heterocycles. The van der Waals surface area contributed by atoms with E-state index in [1.165, 1.54) is 17.0 Å². The highest BCUT2D eigenvalue weighted by atomic mass is 19.4. The molecular weight excluding hydrogens is 451 g/mol. The Kier molecular flexibility index (Phi) is 6.14. The molecular formula is C24H20F3N3O4. The fourth-order valence-corrected chi connectivity index (χ4v) is 3.72. The molecule has 1 saturated heterocycles. The minimum Gasteiger partial charge on any atom is -0.497 e. The van der Waals surface area contributed by atoms with E-state index in [1.807, 2.05) is 24.3 Å². The van der Waals surface area contributed by atoms with E-state index in [1.54, 1.807) is 32.5 Å². The number of anilines is 1. The number of hydrogen-bond donors (Lipinski definition) is 0. The molecule has 0 spiro atoms. The van der Waals surface area contributed by atoms with Gasteiger partial charge in [0.05, 0.1) is 12.8 Å². The van der Waals surface area contributed by atoms with Crippen LogP contribution >= 0.6 is 0 Å². The number of hydrogen-bond acceptors (Lipinski definition) is 5. The number of rotatable bonds is 6. The number of benzene rings is 2. The van der Waals surface area contributed by atoms with Gasteiger partial charge in [0.1, 0.15) is 17.5 Å². The average Bonchev–Trinajstić information content (AvgIpc) is 3.02. The molecule has 10 heteroatoms. The zero-order valence-electron chi connectivity index (χ0n) is 18.2. The number of urea groups is 1. The second-order valence-electron chi connectivity index (χ2n) is 7.56. The van der Waals surface area contributed by atoms with Crippen molar-refractivity contribution in [1.29, 1.82) is 0 Å². The highest BCUT2D eigenvalue weighted by Gasteiger charge is 2.43. The monoisotopic (exact) mass is 471 g/mol. The van der Waals surface area contributed by atoms with Crippen LogP contribution in [0.1, 0.15) is 12.5 Å². The molecule has 3 amide bonds. The molecule has 1 atom stereocenters. The third kappa shape index (κ3) is 4.66. The number of aromatic nitrogens is 1. The Hall–Kier alpha value is -4.08. The van der Waals surface area contributed by atoms with Gasteiger partial charge >= 0.3 is 12.4 Å². The van der Waals surface area contributed by atoms with Crippen molar-refractivity contribution in [2.45, 2.75) is 25.9 Å². The summed E-state index contributed by atoms with van der Waals surface area (Å²) in [5, 5.41) is 0. The van der Waals surface area contributed by atoms with Gasteiger partial charge in [0, 0.05) is 24.5 Å². The minimum atomic E-state index is -4.84. The number of carbonyl (C=O) groups is 2. The number of imide groups is 1. The normalized spacial score (nSPS) is 16.2. The van der Waals surface area contributed by atoms with Gasteiger partial charge in [0.25, 0.3) is 5.91 Å². The van der Waals surface area contributed by atoms with Crippen LogP contribution in [0.4, 0.5) is 23.7 Å². The van der Waals surface area contributed by atoms with E-state index >= 15 is 0 Å². The quantitative estimate of drug-likeness (QED) is 0.473. The summed E-state index contributed by atoms with van der Waals surface area (Å²) in [6.45, 7) is 1.75. The minimum absolute atomic E-state index is 0.140. The molecule has 2 heterocycles. The van der Waals surface area contributed by atoms with Crippen LogP contribution in [0.3, 0.4) is 0 Å². The van der Waals surface area contributed by atoms with E-state index in [2.05, 4.69) is 9.72 Å². The maximum Gasteiger partial charge on any atom is 0.573 e. The van der Waals surface area contributed by atoms with Crippen LogP contribution in [0.25, 0.3) is 11.1 Å². The van der Waals surface area contributed by atoms with E-state index in [4.69, 9.17) is 4.74 Å². The number of pyridine rings is 1. The van der Waals surface area contributed by atoms with E-state index in [0.717, 1.165) is 33.7 Å². The molecule has 0 aliphatic carbocycles. The lowest BCUT2D eigenvalue weighted by molar-refractivity contribution is -0.274. The van der Waals surface area contributed by atoms with E-state index in [-0.39, 0.29) is 12.2 Å². The number of methoxy groups -OCH3 is 1. The Morgan fingerprint density at radius 2 is 1.62 bits per heavy atom. The Balaban J connectivity index is 1.58. The van der Waals surface area contributed by atoms with E-state index in [0.29, 0.717) is 5.75 Å². The number of ether oxygens (including phenoxy) is 2. The molecule has 0 bridgehead atoms. The molecule has 176 valence electrons. The van der Waals surface area contributed by atoms with Crippen LogP contribution in [0.15, 0.2) is 67.0 Å². The molecule has 1 aromatic heterocycles. The van der Waals surface area contributed by atoms with E-state index in [9.17, 15) is 22.8 Å². The maximum absolute atomic E-state index is 13.2. The third-order valence-corrected chi connectivity index (χ3v) is 5.46. The van der Waals surface area contributed by atoms with Gasteiger partial charge in [-0.25, -0.2) is 9.69 Å². The van der Waals surface area contributed by atoms with Crippen molar-refractivity contribution in [2.24, 2.45) is 0 Å². The van der Waals surface area contributed by atoms with Gasteiger partial charge in [0.15, 0.2) is 0 Å². The molecule has 7 nitrogen and oxygen atoms in total. The number of alkyl halides is 3. The van der Waals surface area contributed by atoms with Crippen LogP contribution in [0, 0.1) is 0 Å². The first-order valence-electron chi connectivity index (χ1n) is 10.3. The predicted octanol–water partition coefficient (Wildman–Crippen LogP) is 5.01. The summed E-state index contributed by atoms with van der Waals surface area (Å²) in [6.07, 6.45) is -1.55. The van der Waals surface area contributed by atoms with Crippen molar-refractivity contribution in [3.05, 3.63) is 72.6 Å². The smallest absolute Gasteiger partial charge is 0.497 e. The largest absolute Gasteiger partial charge is 0.573 e. The first-order valence-corrected chi connectivity index (χ1v) is 10.3. The van der Waals surface area contributed by atoms with Gasteiger partial charge in [0.2, 0.25) is 0 Å². The molecule has 1 unspecified atom stereocenters. The van der Waals surface area contributed by atoms with Crippen molar-refractivity contribution >= 4 is 17.6 Å². The van der Waals surface area contributed by atoms with Crippen LogP contribution in [0.5, 0.6) is 11.5 Å². The molecule has 0 radical (unpaired) electrons. The van der Waals surface area contributed by atoms with Crippen molar-refractivity contribution in [1.82, 2.24) is 9.88 Å². The maximum atomic E-state index is 13.2. The van der Waals surface area contributed by atoms with Crippen LogP contribution in [-0.4, -0.2) is 41.3 Å². The third-order valence-electron chi connectivity index (χ3n) is 5.46. The van der Waals surface area contributed by atoms with Gasteiger partial charge in [-0.1, -0.05) is 12.1 Å². The lowest BCUT2D eigenvalue weighted by Crippen LogP contribution is -2.33. The van der Waals surface area contributed by atoms with Gasteiger partial charge in [-0.3, -0.25) is 9.78 Å². The molecule has 3 aromatic rings. The number of carbonyl (C=O) groups excluding carboxylic acids is 2. The zero-order chi connectivity index (χ0) is 24.5. The topological polar surface area (TPSA) is 72.0 Å². The Morgan fingerprint density at radius 1 is 0.971 bits per heavy atom. The molecule has 1 aliphatic rings.